The van der Waals surface area contributed by atoms with E-state index in [-0.39, 0.29) is 0 Å². The smallest absolute Gasteiger partial charge is 0.222 e. The van der Waals surface area contributed by atoms with Gasteiger partial charge < -0.3 is 9.73 Å². The molecule has 4 rings (SSSR count). The SMILES string of the molecule is CCCc1ccc(CN2CCn3nc(CNc4ncccn4)cc3C2)o1. The highest BCUT2D eigenvalue weighted by Gasteiger charge is 2.19. The molecule has 0 spiro atoms. The van der Waals surface area contributed by atoms with Crippen molar-refractivity contribution in [3.63, 3.8) is 0 Å². The van der Waals surface area contributed by atoms with Gasteiger partial charge in [0.15, 0.2) is 0 Å². The molecule has 3 aromatic heterocycles. The van der Waals surface area contributed by atoms with Crippen molar-refractivity contribution >= 4 is 5.95 Å². The van der Waals surface area contributed by atoms with Gasteiger partial charge in [-0.05, 0) is 30.7 Å². The number of aromatic nitrogens is 4. The van der Waals surface area contributed by atoms with E-state index < -0.39 is 0 Å². The predicted octanol–water partition coefficient (Wildman–Crippen LogP) is 2.85. The number of rotatable bonds is 7. The van der Waals surface area contributed by atoms with Gasteiger partial charge in [-0.2, -0.15) is 5.10 Å². The molecule has 0 amide bonds. The van der Waals surface area contributed by atoms with Gasteiger partial charge in [0, 0.05) is 31.9 Å². The third-order valence-corrected chi connectivity index (χ3v) is 4.51. The highest BCUT2D eigenvalue weighted by Crippen LogP contribution is 2.18. The maximum Gasteiger partial charge on any atom is 0.222 e. The van der Waals surface area contributed by atoms with Crippen molar-refractivity contribution in [1.82, 2.24) is 24.6 Å². The highest BCUT2D eigenvalue weighted by molar-refractivity contribution is 5.24. The number of hydrogen-bond donors (Lipinski definition) is 1. The van der Waals surface area contributed by atoms with Crippen LogP contribution in [0, 0.1) is 0 Å². The first-order valence-corrected chi connectivity index (χ1v) is 9.16. The molecule has 3 aromatic rings. The van der Waals surface area contributed by atoms with Gasteiger partial charge in [0.25, 0.3) is 0 Å². The zero-order valence-corrected chi connectivity index (χ0v) is 15.1. The summed E-state index contributed by atoms with van der Waals surface area (Å²) in [6, 6.07) is 8.17. The maximum absolute atomic E-state index is 5.92. The largest absolute Gasteiger partial charge is 0.465 e. The second-order valence-electron chi connectivity index (χ2n) is 6.60. The van der Waals surface area contributed by atoms with Crippen molar-refractivity contribution in [2.24, 2.45) is 0 Å². The van der Waals surface area contributed by atoms with E-state index in [0.29, 0.717) is 12.5 Å². The van der Waals surface area contributed by atoms with E-state index in [9.17, 15) is 0 Å². The molecule has 0 atom stereocenters. The lowest BCUT2D eigenvalue weighted by Gasteiger charge is -2.26. The third kappa shape index (κ3) is 3.94. The Morgan fingerprint density at radius 3 is 2.85 bits per heavy atom. The lowest BCUT2D eigenvalue weighted by atomic mass is 10.2. The minimum atomic E-state index is 0.626. The van der Waals surface area contributed by atoms with E-state index in [4.69, 9.17) is 4.42 Å². The van der Waals surface area contributed by atoms with Gasteiger partial charge in [0.1, 0.15) is 11.5 Å². The van der Waals surface area contributed by atoms with Crippen molar-refractivity contribution in [3.8, 4) is 0 Å². The van der Waals surface area contributed by atoms with Crippen LogP contribution in [0.1, 0.15) is 36.3 Å². The number of hydrogen-bond acceptors (Lipinski definition) is 6. The number of fused-ring (bicyclic) bond motifs is 1. The van der Waals surface area contributed by atoms with E-state index in [1.807, 2.05) is 0 Å². The van der Waals surface area contributed by atoms with Crippen LogP contribution in [-0.4, -0.2) is 31.2 Å². The van der Waals surface area contributed by atoms with Crippen LogP contribution in [0.2, 0.25) is 0 Å². The number of nitrogens with zero attached hydrogens (tertiary/aromatic N) is 5. The molecule has 7 nitrogen and oxygen atoms in total. The van der Waals surface area contributed by atoms with Crippen LogP contribution < -0.4 is 5.32 Å². The van der Waals surface area contributed by atoms with Gasteiger partial charge in [-0.3, -0.25) is 9.58 Å². The maximum atomic E-state index is 5.92. The number of furan rings is 1. The predicted molar refractivity (Wildman–Crippen MR) is 98.4 cm³/mol. The second kappa shape index (κ2) is 7.70. The van der Waals surface area contributed by atoms with E-state index in [1.54, 1.807) is 18.5 Å². The zero-order valence-electron chi connectivity index (χ0n) is 15.1. The van der Waals surface area contributed by atoms with Gasteiger partial charge >= 0.3 is 0 Å². The summed E-state index contributed by atoms with van der Waals surface area (Å²) in [5.74, 6) is 2.76. The minimum Gasteiger partial charge on any atom is -0.465 e. The molecule has 26 heavy (non-hydrogen) atoms. The Hall–Kier alpha value is -2.67. The molecule has 0 saturated carbocycles. The Morgan fingerprint density at radius 1 is 1.15 bits per heavy atom. The number of anilines is 1. The molecule has 0 aliphatic carbocycles. The summed E-state index contributed by atoms with van der Waals surface area (Å²) < 4.78 is 8.02. The van der Waals surface area contributed by atoms with Crippen molar-refractivity contribution in [2.45, 2.75) is 45.9 Å². The van der Waals surface area contributed by atoms with E-state index >= 15 is 0 Å². The van der Waals surface area contributed by atoms with E-state index in [2.05, 4.69) is 55.1 Å². The third-order valence-electron chi connectivity index (χ3n) is 4.51. The average Bonchev–Trinajstić information content (AvgIpc) is 3.27. The molecule has 1 N–H and O–H groups in total. The summed E-state index contributed by atoms with van der Waals surface area (Å²) in [6.07, 6.45) is 5.58. The Bertz CT molecular complexity index is 841. The number of nitrogens with one attached hydrogen (secondary N) is 1. The molecule has 0 bridgehead atoms. The topological polar surface area (TPSA) is 72.0 Å². The normalized spacial score (nSPS) is 14.3. The van der Waals surface area contributed by atoms with E-state index in [0.717, 1.165) is 56.2 Å². The van der Waals surface area contributed by atoms with Crippen LogP contribution in [0.15, 0.2) is 41.1 Å². The summed E-state index contributed by atoms with van der Waals surface area (Å²) >= 11 is 0. The van der Waals surface area contributed by atoms with Crippen molar-refractivity contribution in [3.05, 3.63) is 59.6 Å². The van der Waals surface area contributed by atoms with Crippen LogP contribution in [0.4, 0.5) is 5.95 Å². The highest BCUT2D eigenvalue weighted by atomic mass is 16.3. The molecule has 7 heteroatoms. The molecule has 0 aromatic carbocycles. The molecule has 1 aliphatic rings. The lowest BCUT2D eigenvalue weighted by molar-refractivity contribution is 0.189. The van der Waals surface area contributed by atoms with Crippen molar-refractivity contribution in [2.75, 3.05) is 11.9 Å². The molecule has 4 heterocycles. The van der Waals surface area contributed by atoms with Crippen LogP contribution in [-0.2, 0) is 32.6 Å². The first kappa shape index (κ1) is 16.8. The Morgan fingerprint density at radius 2 is 2.00 bits per heavy atom. The Balaban J connectivity index is 1.35. The standard InChI is InChI=1S/C19H24N6O/c1-2-4-17-5-6-18(26-17)14-24-9-10-25-16(13-24)11-15(23-25)12-22-19-20-7-3-8-21-19/h3,5-8,11H,2,4,9-10,12-14H2,1H3,(H,20,21,22). The molecule has 0 saturated heterocycles. The fraction of sp³-hybridized carbons (Fsp3) is 0.421. The molecular weight excluding hydrogens is 328 g/mol. The van der Waals surface area contributed by atoms with Gasteiger partial charge in [0.2, 0.25) is 5.95 Å². The summed E-state index contributed by atoms with van der Waals surface area (Å²) in [5, 5.41) is 7.89. The first-order valence-electron chi connectivity index (χ1n) is 9.16. The average molecular weight is 352 g/mol. The van der Waals surface area contributed by atoms with Gasteiger partial charge in [-0.15, -0.1) is 0 Å². The van der Waals surface area contributed by atoms with Crippen LogP contribution in [0.25, 0.3) is 0 Å². The first-order chi connectivity index (χ1) is 12.8. The monoisotopic (exact) mass is 352 g/mol. The zero-order chi connectivity index (χ0) is 17.8. The molecule has 0 unspecified atom stereocenters. The Labute approximate surface area is 153 Å². The summed E-state index contributed by atoms with van der Waals surface area (Å²) in [7, 11) is 0. The van der Waals surface area contributed by atoms with E-state index in [1.165, 1.54) is 5.69 Å². The molecule has 1 aliphatic heterocycles. The number of aryl methyl sites for hydroxylation is 1. The summed E-state index contributed by atoms with van der Waals surface area (Å²) in [6.45, 7) is 6.42. The van der Waals surface area contributed by atoms with Crippen LogP contribution in [0.3, 0.4) is 0 Å². The summed E-state index contributed by atoms with van der Waals surface area (Å²) in [4.78, 5) is 10.8. The fourth-order valence-corrected chi connectivity index (χ4v) is 3.27. The lowest BCUT2D eigenvalue weighted by Crippen LogP contribution is -2.33. The van der Waals surface area contributed by atoms with Gasteiger partial charge in [0.05, 0.1) is 31.0 Å². The molecule has 0 radical (unpaired) electrons. The molecule has 136 valence electrons. The van der Waals surface area contributed by atoms with Gasteiger partial charge in [-0.1, -0.05) is 6.92 Å². The van der Waals surface area contributed by atoms with Crippen molar-refractivity contribution < 1.29 is 4.42 Å². The van der Waals surface area contributed by atoms with Crippen molar-refractivity contribution in [1.29, 1.82) is 0 Å². The van der Waals surface area contributed by atoms with Crippen LogP contribution >= 0.6 is 0 Å². The quantitative estimate of drug-likeness (QED) is 0.705. The van der Waals surface area contributed by atoms with Crippen LogP contribution in [0.5, 0.6) is 0 Å². The summed E-state index contributed by atoms with van der Waals surface area (Å²) in [5.41, 5.74) is 2.25. The Kier molecular flexibility index (Phi) is 4.97. The second-order valence-corrected chi connectivity index (χ2v) is 6.60. The molecular formula is C19H24N6O. The molecule has 0 fully saturated rings. The minimum absolute atomic E-state index is 0.626. The fourth-order valence-electron chi connectivity index (χ4n) is 3.27. The van der Waals surface area contributed by atoms with Gasteiger partial charge in [-0.25, -0.2) is 9.97 Å².